The third-order valence-corrected chi connectivity index (χ3v) is 2.89. The molecule has 0 aliphatic carbocycles. The Bertz CT molecular complexity index is 294. The van der Waals surface area contributed by atoms with Gasteiger partial charge < -0.3 is 14.6 Å². The lowest BCUT2D eigenvalue weighted by atomic mass is 10.1. The van der Waals surface area contributed by atoms with Gasteiger partial charge in [0.1, 0.15) is 6.26 Å². The summed E-state index contributed by atoms with van der Waals surface area (Å²) < 4.78 is 5.48. The Morgan fingerprint density at radius 1 is 1.38 bits per heavy atom. The molecule has 0 atom stereocenters. The van der Waals surface area contributed by atoms with Crippen molar-refractivity contribution < 1.29 is 4.42 Å². The van der Waals surface area contributed by atoms with Crippen LogP contribution in [0.2, 0.25) is 0 Å². The topological polar surface area (TPSA) is 41.3 Å². The van der Waals surface area contributed by atoms with E-state index in [1.165, 1.54) is 0 Å². The van der Waals surface area contributed by atoms with Crippen LogP contribution >= 0.6 is 0 Å². The van der Waals surface area contributed by atoms with Crippen LogP contribution in [0.25, 0.3) is 0 Å². The molecule has 4 nitrogen and oxygen atoms in total. The highest BCUT2D eigenvalue weighted by Gasteiger charge is 2.15. The lowest BCUT2D eigenvalue weighted by molar-refractivity contribution is 0.495. The zero-order valence-electron chi connectivity index (χ0n) is 10.8. The summed E-state index contributed by atoms with van der Waals surface area (Å²) in [5.41, 5.74) is 0.967. The Kier molecular flexibility index (Phi) is 5.32. The summed E-state index contributed by atoms with van der Waals surface area (Å²) in [5, 5.41) is 3.23. The van der Waals surface area contributed by atoms with Gasteiger partial charge in [0.15, 0.2) is 0 Å². The van der Waals surface area contributed by atoms with Gasteiger partial charge in [-0.1, -0.05) is 20.8 Å². The Labute approximate surface area is 98.0 Å². The normalized spacial score (nSPS) is 11.1. The Morgan fingerprint density at radius 3 is 2.62 bits per heavy atom. The molecule has 0 saturated carbocycles. The van der Waals surface area contributed by atoms with E-state index in [1.807, 2.05) is 7.05 Å². The zero-order valence-corrected chi connectivity index (χ0v) is 10.8. The molecule has 0 radical (unpaired) electrons. The van der Waals surface area contributed by atoms with E-state index in [0.717, 1.165) is 37.6 Å². The predicted molar refractivity (Wildman–Crippen MR) is 66.7 cm³/mol. The number of oxazole rings is 1. The molecule has 92 valence electrons. The van der Waals surface area contributed by atoms with Gasteiger partial charge in [0.25, 0.3) is 6.01 Å². The van der Waals surface area contributed by atoms with E-state index < -0.39 is 0 Å². The molecule has 0 saturated heterocycles. The summed E-state index contributed by atoms with van der Waals surface area (Å²) in [6, 6.07) is 1.23. The van der Waals surface area contributed by atoms with E-state index in [1.54, 1.807) is 6.26 Å². The van der Waals surface area contributed by atoms with Crippen molar-refractivity contribution in [2.45, 2.75) is 46.2 Å². The monoisotopic (exact) mass is 225 g/mol. The number of rotatable bonds is 7. The highest BCUT2D eigenvalue weighted by Crippen LogP contribution is 2.17. The summed E-state index contributed by atoms with van der Waals surface area (Å²) in [5.74, 6) is 0. The van der Waals surface area contributed by atoms with Crippen LogP contribution in [-0.4, -0.2) is 24.6 Å². The third kappa shape index (κ3) is 3.23. The van der Waals surface area contributed by atoms with Crippen LogP contribution in [0.5, 0.6) is 0 Å². The maximum absolute atomic E-state index is 5.48. The van der Waals surface area contributed by atoms with Gasteiger partial charge in [0.05, 0.1) is 5.69 Å². The molecule has 1 rings (SSSR count). The van der Waals surface area contributed by atoms with Crippen LogP contribution in [0.3, 0.4) is 0 Å². The first-order valence-electron chi connectivity index (χ1n) is 6.10. The van der Waals surface area contributed by atoms with Gasteiger partial charge in [-0.05, 0) is 19.4 Å². The minimum Gasteiger partial charge on any atom is -0.432 e. The van der Waals surface area contributed by atoms with E-state index in [9.17, 15) is 0 Å². The summed E-state index contributed by atoms with van der Waals surface area (Å²) in [4.78, 5) is 6.58. The van der Waals surface area contributed by atoms with E-state index in [0.29, 0.717) is 6.04 Å². The third-order valence-electron chi connectivity index (χ3n) is 2.89. The van der Waals surface area contributed by atoms with Gasteiger partial charge >= 0.3 is 0 Å². The van der Waals surface area contributed by atoms with Crippen molar-refractivity contribution >= 4 is 6.01 Å². The fourth-order valence-corrected chi connectivity index (χ4v) is 1.79. The summed E-state index contributed by atoms with van der Waals surface area (Å²) in [6.45, 7) is 8.18. The Balaban J connectivity index is 2.61. The molecular formula is C12H23N3O. The molecule has 0 aliphatic rings. The number of anilines is 1. The van der Waals surface area contributed by atoms with Crippen molar-refractivity contribution in [3.63, 3.8) is 0 Å². The molecule has 1 heterocycles. The summed E-state index contributed by atoms with van der Waals surface area (Å²) >= 11 is 0. The fraction of sp³-hybridized carbons (Fsp3) is 0.750. The van der Waals surface area contributed by atoms with Crippen LogP contribution in [-0.2, 0) is 6.54 Å². The van der Waals surface area contributed by atoms with Crippen LogP contribution in [0.15, 0.2) is 10.7 Å². The minimum absolute atomic E-state index is 0.505. The van der Waals surface area contributed by atoms with Gasteiger partial charge in [0.2, 0.25) is 0 Å². The molecule has 0 unspecified atom stereocenters. The summed E-state index contributed by atoms with van der Waals surface area (Å²) in [6.07, 6.45) is 3.95. The second kappa shape index (κ2) is 6.53. The van der Waals surface area contributed by atoms with Crippen molar-refractivity contribution in [1.29, 1.82) is 0 Å². The lowest BCUT2D eigenvalue weighted by Gasteiger charge is -2.24. The van der Waals surface area contributed by atoms with Crippen molar-refractivity contribution in [3.8, 4) is 0 Å². The molecule has 4 heteroatoms. The molecule has 16 heavy (non-hydrogen) atoms. The van der Waals surface area contributed by atoms with Crippen molar-refractivity contribution in [2.75, 3.05) is 18.5 Å². The number of hydrogen-bond acceptors (Lipinski definition) is 4. The number of nitrogens with zero attached hydrogens (tertiary/aromatic N) is 2. The molecule has 1 aromatic heterocycles. The van der Waals surface area contributed by atoms with Crippen LogP contribution in [0, 0.1) is 0 Å². The fourth-order valence-electron chi connectivity index (χ4n) is 1.79. The average molecular weight is 225 g/mol. The SMILES string of the molecule is CCNCc1coc(N(C)C(CC)CC)n1. The predicted octanol–water partition coefficient (Wildman–Crippen LogP) is 2.41. The highest BCUT2D eigenvalue weighted by molar-refractivity contribution is 5.27. The van der Waals surface area contributed by atoms with Crippen molar-refractivity contribution in [3.05, 3.63) is 12.0 Å². The second-order valence-electron chi connectivity index (χ2n) is 3.98. The van der Waals surface area contributed by atoms with Gasteiger partial charge in [-0.25, -0.2) is 0 Å². The van der Waals surface area contributed by atoms with Gasteiger partial charge in [0, 0.05) is 19.6 Å². The number of hydrogen-bond donors (Lipinski definition) is 1. The van der Waals surface area contributed by atoms with E-state index in [4.69, 9.17) is 4.42 Å². The van der Waals surface area contributed by atoms with Crippen LogP contribution < -0.4 is 10.2 Å². The number of aromatic nitrogens is 1. The largest absolute Gasteiger partial charge is 0.432 e. The molecule has 0 amide bonds. The first kappa shape index (κ1) is 13.0. The lowest BCUT2D eigenvalue weighted by Crippen LogP contribution is -2.30. The van der Waals surface area contributed by atoms with Crippen molar-refractivity contribution in [1.82, 2.24) is 10.3 Å². The molecule has 0 spiro atoms. The molecule has 0 fully saturated rings. The first-order valence-corrected chi connectivity index (χ1v) is 6.10. The maximum Gasteiger partial charge on any atom is 0.297 e. The molecule has 0 bridgehead atoms. The quantitative estimate of drug-likeness (QED) is 0.773. The molecule has 0 aromatic carbocycles. The minimum atomic E-state index is 0.505. The first-order chi connectivity index (χ1) is 7.72. The zero-order chi connectivity index (χ0) is 12.0. The maximum atomic E-state index is 5.48. The van der Waals surface area contributed by atoms with Crippen molar-refractivity contribution in [2.24, 2.45) is 0 Å². The van der Waals surface area contributed by atoms with E-state index >= 15 is 0 Å². The molecule has 0 aliphatic heterocycles. The Hall–Kier alpha value is -1.03. The summed E-state index contributed by atoms with van der Waals surface area (Å²) in [7, 11) is 2.04. The molecule has 1 aromatic rings. The van der Waals surface area contributed by atoms with E-state index in [2.05, 4.69) is 36.0 Å². The standard InChI is InChI=1S/C12H23N3O/c1-5-11(6-2)15(4)12-14-10(9-16-12)8-13-7-3/h9,11,13H,5-8H2,1-4H3. The molecular weight excluding hydrogens is 202 g/mol. The highest BCUT2D eigenvalue weighted by atomic mass is 16.4. The van der Waals surface area contributed by atoms with Gasteiger partial charge in [-0.15, -0.1) is 0 Å². The van der Waals surface area contributed by atoms with Gasteiger partial charge in [-0.3, -0.25) is 0 Å². The smallest absolute Gasteiger partial charge is 0.297 e. The number of nitrogens with one attached hydrogen (secondary N) is 1. The molecule has 1 N–H and O–H groups in total. The second-order valence-corrected chi connectivity index (χ2v) is 3.98. The van der Waals surface area contributed by atoms with Gasteiger partial charge in [-0.2, -0.15) is 4.98 Å². The van der Waals surface area contributed by atoms with Crippen LogP contribution in [0.1, 0.15) is 39.3 Å². The van der Waals surface area contributed by atoms with E-state index in [-0.39, 0.29) is 0 Å². The Morgan fingerprint density at radius 2 is 2.06 bits per heavy atom. The average Bonchev–Trinajstić information content (AvgIpc) is 2.76. The van der Waals surface area contributed by atoms with Crippen LogP contribution in [0.4, 0.5) is 6.01 Å².